The lowest BCUT2D eigenvalue weighted by molar-refractivity contribution is 0.0694. The van der Waals surface area contributed by atoms with Crippen LogP contribution in [0, 0.1) is 0 Å². The van der Waals surface area contributed by atoms with Crippen molar-refractivity contribution in [2.24, 2.45) is 0 Å². The summed E-state index contributed by atoms with van der Waals surface area (Å²) >= 11 is 1.43. The summed E-state index contributed by atoms with van der Waals surface area (Å²) in [6.45, 7) is 6.25. The van der Waals surface area contributed by atoms with Crippen molar-refractivity contribution in [1.82, 2.24) is 0 Å². The van der Waals surface area contributed by atoms with Crippen LogP contribution in [-0.4, -0.2) is 23.9 Å². The molecule has 0 saturated carbocycles. The predicted octanol–water partition coefficient (Wildman–Crippen LogP) is 3.09. The normalized spacial score (nSPS) is 9.88. The molecule has 0 aromatic heterocycles. The number of hydrogen-bond acceptors (Lipinski definition) is 3. The van der Waals surface area contributed by atoms with Gasteiger partial charge in [-0.25, -0.2) is 4.79 Å². The van der Waals surface area contributed by atoms with E-state index in [1.54, 1.807) is 12.1 Å². The summed E-state index contributed by atoms with van der Waals surface area (Å²) < 4.78 is 0. The monoisotopic (exact) mass is 237 g/mol. The molecule has 0 saturated heterocycles. The van der Waals surface area contributed by atoms with Crippen molar-refractivity contribution in [2.75, 3.05) is 18.1 Å². The Morgan fingerprint density at radius 3 is 2.75 bits per heavy atom. The molecule has 0 fully saturated rings. The standard InChI is InChI=1S/C12H15NO2S/c1-8(2)7-13-9-5-4-6-10(16-3)11(9)12(14)15/h4-6,13H,1,7H2,2-3H3,(H,14,15). The molecule has 0 heterocycles. The molecule has 0 radical (unpaired) electrons. The zero-order chi connectivity index (χ0) is 12.1. The molecule has 0 aliphatic heterocycles. The first-order chi connectivity index (χ1) is 7.56. The van der Waals surface area contributed by atoms with Crippen molar-refractivity contribution >= 4 is 23.4 Å². The van der Waals surface area contributed by atoms with Gasteiger partial charge in [0.1, 0.15) is 0 Å². The fourth-order valence-electron chi connectivity index (χ4n) is 1.32. The van der Waals surface area contributed by atoms with E-state index in [1.165, 1.54) is 11.8 Å². The second kappa shape index (κ2) is 5.61. The highest BCUT2D eigenvalue weighted by atomic mass is 32.2. The summed E-state index contributed by atoms with van der Waals surface area (Å²) in [5.41, 5.74) is 1.93. The quantitative estimate of drug-likeness (QED) is 0.610. The number of aromatic carboxylic acids is 1. The second-order valence-electron chi connectivity index (χ2n) is 3.50. The molecule has 0 amide bonds. The molecule has 1 aromatic carbocycles. The molecule has 1 rings (SSSR count). The van der Waals surface area contributed by atoms with Crippen molar-refractivity contribution in [1.29, 1.82) is 0 Å². The lowest BCUT2D eigenvalue weighted by atomic mass is 10.1. The van der Waals surface area contributed by atoms with E-state index in [0.717, 1.165) is 10.5 Å². The van der Waals surface area contributed by atoms with Crippen LogP contribution in [0.1, 0.15) is 17.3 Å². The van der Waals surface area contributed by atoms with Gasteiger partial charge in [0, 0.05) is 11.4 Å². The molecule has 0 aliphatic rings. The van der Waals surface area contributed by atoms with Crippen molar-refractivity contribution in [3.8, 4) is 0 Å². The van der Waals surface area contributed by atoms with Crippen LogP contribution in [0.5, 0.6) is 0 Å². The summed E-state index contributed by atoms with van der Waals surface area (Å²) in [6.07, 6.45) is 1.87. The topological polar surface area (TPSA) is 49.3 Å². The van der Waals surface area contributed by atoms with Gasteiger partial charge in [0.05, 0.1) is 11.3 Å². The maximum absolute atomic E-state index is 11.2. The van der Waals surface area contributed by atoms with E-state index < -0.39 is 5.97 Å². The average molecular weight is 237 g/mol. The van der Waals surface area contributed by atoms with E-state index in [1.807, 2.05) is 19.2 Å². The molecular formula is C12H15NO2S. The van der Waals surface area contributed by atoms with Crippen LogP contribution in [0.15, 0.2) is 35.2 Å². The maximum atomic E-state index is 11.2. The van der Waals surface area contributed by atoms with Gasteiger partial charge in [0.25, 0.3) is 0 Å². The molecule has 0 bridgehead atoms. The van der Waals surface area contributed by atoms with E-state index in [9.17, 15) is 4.79 Å². The zero-order valence-corrected chi connectivity index (χ0v) is 10.2. The predicted molar refractivity (Wildman–Crippen MR) is 68.5 cm³/mol. The molecule has 2 N–H and O–H groups in total. The van der Waals surface area contributed by atoms with Gasteiger partial charge >= 0.3 is 5.97 Å². The Hall–Kier alpha value is -1.42. The fourth-order valence-corrected chi connectivity index (χ4v) is 1.93. The van der Waals surface area contributed by atoms with E-state index >= 15 is 0 Å². The highest BCUT2D eigenvalue weighted by molar-refractivity contribution is 7.98. The molecular weight excluding hydrogens is 222 g/mol. The van der Waals surface area contributed by atoms with Crippen LogP contribution in [0.4, 0.5) is 5.69 Å². The third kappa shape index (κ3) is 3.03. The molecule has 16 heavy (non-hydrogen) atoms. The second-order valence-corrected chi connectivity index (χ2v) is 4.35. The third-order valence-corrected chi connectivity index (χ3v) is 2.82. The van der Waals surface area contributed by atoms with Crippen LogP contribution in [-0.2, 0) is 0 Å². The number of anilines is 1. The molecule has 3 nitrogen and oxygen atoms in total. The highest BCUT2D eigenvalue weighted by Crippen LogP contribution is 2.27. The van der Waals surface area contributed by atoms with E-state index in [4.69, 9.17) is 5.11 Å². The minimum Gasteiger partial charge on any atom is -0.478 e. The van der Waals surface area contributed by atoms with Gasteiger partial charge in [-0.2, -0.15) is 0 Å². The number of carboxylic acid groups (broad SMARTS) is 1. The minimum atomic E-state index is -0.908. The zero-order valence-electron chi connectivity index (χ0n) is 9.41. The summed E-state index contributed by atoms with van der Waals surface area (Å²) in [4.78, 5) is 11.9. The Labute approximate surface area is 99.6 Å². The number of benzene rings is 1. The number of nitrogens with one attached hydrogen (secondary N) is 1. The van der Waals surface area contributed by atoms with Crippen molar-refractivity contribution in [3.63, 3.8) is 0 Å². The van der Waals surface area contributed by atoms with Gasteiger partial charge in [-0.15, -0.1) is 11.8 Å². The Morgan fingerprint density at radius 1 is 1.56 bits per heavy atom. The first-order valence-electron chi connectivity index (χ1n) is 4.84. The Kier molecular flexibility index (Phi) is 4.43. The number of thioether (sulfide) groups is 1. The molecule has 0 atom stereocenters. The summed E-state index contributed by atoms with van der Waals surface area (Å²) in [6, 6.07) is 5.42. The lowest BCUT2D eigenvalue weighted by Gasteiger charge is -2.12. The van der Waals surface area contributed by atoms with Gasteiger partial charge in [-0.3, -0.25) is 0 Å². The van der Waals surface area contributed by atoms with Gasteiger partial charge in [-0.1, -0.05) is 18.2 Å². The Balaban J connectivity index is 3.07. The molecule has 0 aliphatic carbocycles. The molecule has 4 heteroatoms. The van der Waals surface area contributed by atoms with Crippen LogP contribution in [0.3, 0.4) is 0 Å². The third-order valence-electron chi connectivity index (χ3n) is 2.04. The van der Waals surface area contributed by atoms with Crippen LogP contribution >= 0.6 is 11.8 Å². The first kappa shape index (κ1) is 12.6. The van der Waals surface area contributed by atoms with E-state index in [2.05, 4.69) is 11.9 Å². The Morgan fingerprint density at radius 2 is 2.25 bits per heavy atom. The van der Waals surface area contributed by atoms with Crippen LogP contribution in [0.25, 0.3) is 0 Å². The SMILES string of the molecule is C=C(C)CNc1cccc(SC)c1C(=O)O. The summed E-state index contributed by atoms with van der Waals surface area (Å²) in [5.74, 6) is -0.908. The van der Waals surface area contributed by atoms with Crippen molar-refractivity contribution in [2.45, 2.75) is 11.8 Å². The lowest BCUT2D eigenvalue weighted by Crippen LogP contribution is -2.09. The molecule has 0 spiro atoms. The first-order valence-corrected chi connectivity index (χ1v) is 6.07. The van der Waals surface area contributed by atoms with Gasteiger partial charge in [0.2, 0.25) is 0 Å². The van der Waals surface area contributed by atoms with Crippen molar-refractivity contribution < 1.29 is 9.90 Å². The van der Waals surface area contributed by atoms with E-state index in [-0.39, 0.29) is 0 Å². The van der Waals surface area contributed by atoms with Crippen LogP contribution in [0.2, 0.25) is 0 Å². The van der Waals surface area contributed by atoms with Gasteiger partial charge in [0.15, 0.2) is 0 Å². The smallest absolute Gasteiger partial charge is 0.338 e. The molecule has 0 unspecified atom stereocenters. The molecule has 1 aromatic rings. The molecule has 86 valence electrons. The highest BCUT2D eigenvalue weighted by Gasteiger charge is 2.14. The van der Waals surface area contributed by atoms with Crippen molar-refractivity contribution in [3.05, 3.63) is 35.9 Å². The summed E-state index contributed by atoms with van der Waals surface area (Å²) in [7, 11) is 0. The maximum Gasteiger partial charge on any atom is 0.338 e. The largest absolute Gasteiger partial charge is 0.478 e. The number of hydrogen-bond donors (Lipinski definition) is 2. The average Bonchev–Trinajstić information content (AvgIpc) is 2.25. The fraction of sp³-hybridized carbons (Fsp3) is 0.250. The Bertz CT molecular complexity index is 415. The minimum absolute atomic E-state index is 0.330. The van der Waals surface area contributed by atoms with Crippen LogP contribution < -0.4 is 5.32 Å². The number of carbonyl (C=O) groups is 1. The van der Waals surface area contributed by atoms with E-state index in [0.29, 0.717) is 17.8 Å². The number of carboxylic acids is 1. The van der Waals surface area contributed by atoms with Gasteiger partial charge in [-0.05, 0) is 25.3 Å². The van der Waals surface area contributed by atoms with Gasteiger partial charge < -0.3 is 10.4 Å². The number of rotatable bonds is 5. The summed E-state index contributed by atoms with van der Waals surface area (Å²) in [5, 5.41) is 12.2.